The Kier molecular flexibility index (Phi) is 10.2. The van der Waals surface area contributed by atoms with Crippen LogP contribution in [0.5, 0.6) is 0 Å². The monoisotopic (exact) mass is 1040 g/mol. The molecule has 382 valence electrons. The molecule has 6 heterocycles. The van der Waals surface area contributed by atoms with Gasteiger partial charge in [0, 0.05) is 43.1 Å². The molecular weight excluding hydrogens is 997 g/mol. The molecule has 6 heteroatoms. The maximum Gasteiger partial charge on any atom is 0.140 e. The van der Waals surface area contributed by atoms with Gasteiger partial charge in [0.25, 0.3) is 0 Å². The van der Waals surface area contributed by atoms with Crippen LogP contribution >= 0.6 is 0 Å². The summed E-state index contributed by atoms with van der Waals surface area (Å²) in [5.41, 5.74) is 17.8. The molecule has 0 atom stereocenters. The number of rotatable bonds is 8. The van der Waals surface area contributed by atoms with E-state index in [1.54, 1.807) is 0 Å². The van der Waals surface area contributed by atoms with Crippen LogP contribution in [0, 0.1) is 0 Å². The summed E-state index contributed by atoms with van der Waals surface area (Å²) < 4.78 is 9.32. The van der Waals surface area contributed by atoms with E-state index in [4.69, 9.17) is 9.97 Å². The van der Waals surface area contributed by atoms with Gasteiger partial charge in [-0.3, -0.25) is 18.3 Å². The average molecular weight is 1050 g/mol. The van der Waals surface area contributed by atoms with Crippen molar-refractivity contribution in [1.29, 1.82) is 0 Å². The minimum atomic E-state index is 0.859. The Morgan fingerprint density at radius 1 is 0.159 bits per heavy atom. The molecule has 0 amide bonds. The largest absolute Gasteiger partial charge is 0.294 e. The van der Waals surface area contributed by atoms with Crippen molar-refractivity contribution in [2.24, 2.45) is 0 Å². The Balaban J connectivity index is 0.803. The van der Waals surface area contributed by atoms with Crippen LogP contribution in [0.15, 0.2) is 291 Å². The van der Waals surface area contributed by atoms with Crippen molar-refractivity contribution < 1.29 is 0 Å². The van der Waals surface area contributed by atoms with Crippen LogP contribution in [0.1, 0.15) is 0 Å². The van der Waals surface area contributed by atoms with Crippen LogP contribution in [-0.4, -0.2) is 28.2 Å². The highest BCUT2D eigenvalue weighted by Gasteiger charge is 2.21. The molecule has 0 saturated carbocycles. The summed E-state index contributed by atoms with van der Waals surface area (Å²) in [6, 6.07) is 105. The average Bonchev–Trinajstić information content (AvgIpc) is 4.48. The first kappa shape index (κ1) is 45.9. The van der Waals surface area contributed by atoms with Crippen LogP contribution in [0.25, 0.3) is 155 Å². The molecule has 0 radical (unpaired) electrons. The Hall–Kier alpha value is -11.1. The van der Waals surface area contributed by atoms with Crippen molar-refractivity contribution in [3.05, 3.63) is 291 Å². The molecule has 0 bridgehead atoms. The highest BCUT2D eigenvalue weighted by molar-refractivity contribution is 6.12. The zero-order valence-electron chi connectivity index (χ0n) is 44.4. The van der Waals surface area contributed by atoms with Crippen molar-refractivity contribution >= 4 is 87.2 Å². The maximum absolute atomic E-state index is 5.60. The third kappa shape index (κ3) is 7.15. The Morgan fingerprint density at radius 2 is 0.329 bits per heavy atom. The SMILES string of the molecule is c1cc(-c2cccc(-c3cc(-n4c5ccccc5c5ccccc54)nc(-n4c5ccccc5c5ccccc54)c3)c2)cc(-c2cccc(-c3cc(-n4c5ccccc5c5ccccc54)nc(-n4c5ccccc5c5ccccc54)c3)c2)c1. The maximum atomic E-state index is 5.60. The molecule has 17 rings (SSSR count). The summed E-state index contributed by atoms with van der Waals surface area (Å²) in [5.74, 6) is 3.44. The molecule has 0 fully saturated rings. The number of fused-ring (bicyclic) bond motifs is 12. The van der Waals surface area contributed by atoms with E-state index in [-0.39, 0.29) is 0 Å². The fraction of sp³-hybridized carbons (Fsp3) is 0. The van der Waals surface area contributed by atoms with Crippen LogP contribution in [0.2, 0.25) is 0 Å². The van der Waals surface area contributed by atoms with E-state index in [0.29, 0.717) is 0 Å². The number of hydrogen-bond donors (Lipinski definition) is 0. The van der Waals surface area contributed by atoms with Crippen LogP contribution < -0.4 is 0 Å². The summed E-state index contributed by atoms with van der Waals surface area (Å²) >= 11 is 0. The van der Waals surface area contributed by atoms with E-state index in [2.05, 4.69) is 309 Å². The first-order valence-electron chi connectivity index (χ1n) is 28.0. The second-order valence-corrected chi connectivity index (χ2v) is 21.4. The zero-order chi connectivity index (χ0) is 53.8. The van der Waals surface area contributed by atoms with E-state index in [1.807, 2.05) is 0 Å². The summed E-state index contributed by atoms with van der Waals surface area (Å²) in [6.07, 6.45) is 0. The summed E-state index contributed by atoms with van der Waals surface area (Å²) in [4.78, 5) is 11.2. The Morgan fingerprint density at radius 3 is 0.524 bits per heavy atom. The van der Waals surface area contributed by atoms with E-state index in [9.17, 15) is 0 Å². The number of para-hydroxylation sites is 8. The van der Waals surface area contributed by atoms with Crippen molar-refractivity contribution in [1.82, 2.24) is 28.2 Å². The third-order valence-corrected chi connectivity index (χ3v) is 16.8. The molecule has 6 aromatic heterocycles. The Labute approximate surface area is 471 Å². The zero-order valence-corrected chi connectivity index (χ0v) is 44.4. The first-order chi connectivity index (χ1) is 40.7. The van der Waals surface area contributed by atoms with Gasteiger partial charge in [-0.1, -0.05) is 200 Å². The highest BCUT2D eigenvalue weighted by Crippen LogP contribution is 2.41. The predicted molar refractivity (Wildman–Crippen MR) is 341 cm³/mol. The molecule has 0 unspecified atom stereocenters. The van der Waals surface area contributed by atoms with E-state index in [0.717, 1.165) is 112 Å². The van der Waals surface area contributed by atoms with Gasteiger partial charge in [-0.2, -0.15) is 0 Å². The predicted octanol–water partition coefficient (Wildman–Crippen LogP) is 19.5. The second-order valence-electron chi connectivity index (χ2n) is 21.4. The number of pyridine rings is 2. The lowest BCUT2D eigenvalue weighted by Crippen LogP contribution is -2.04. The van der Waals surface area contributed by atoms with Gasteiger partial charge in [0.15, 0.2) is 0 Å². The molecule has 82 heavy (non-hydrogen) atoms. The molecule has 0 saturated heterocycles. The first-order valence-corrected chi connectivity index (χ1v) is 28.0. The van der Waals surface area contributed by atoms with Gasteiger partial charge in [0.2, 0.25) is 0 Å². The van der Waals surface area contributed by atoms with Crippen LogP contribution in [0.3, 0.4) is 0 Å². The minimum absolute atomic E-state index is 0.859. The topological polar surface area (TPSA) is 45.5 Å². The molecule has 0 aliphatic rings. The van der Waals surface area contributed by atoms with Crippen molar-refractivity contribution in [3.63, 3.8) is 0 Å². The second kappa shape index (κ2) is 18.2. The Bertz CT molecular complexity index is 4620. The van der Waals surface area contributed by atoms with E-state index >= 15 is 0 Å². The quantitative estimate of drug-likeness (QED) is 0.152. The van der Waals surface area contributed by atoms with Crippen molar-refractivity contribution in [2.45, 2.75) is 0 Å². The number of aromatic nitrogens is 6. The van der Waals surface area contributed by atoms with Gasteiger partial charge in [0.1, 0.15) is 23.3 Å². The minimum Gasteiger partial charge on any atom is -0.294 e. The number of nitrogens with zero attached hydrogens (tertiary/aromatic N) is 6. The molecule has 17 aromatic rings. The number of benzene rings is 11. The van der Waals surface area contributed by atoms with Gasteiger partial charge in [-0.05, 0) is 136 Å². The molecule has 6 nitrogen and oxygen atoms in total. The van der Waals surface area contributed by atoms with Gasteiger partial charge in [-0.25, -0.2) is 9.97 Å². The van der Waals surface area contributed by atoms with E-state index < -0.39 is 0 Å². The summed E-state index contributed by atoms with van der Waals surface area (Å²) in [7, 11) is 0. The van der Waals surface area contributed by atoms with Gasteiger partial charge in [-0.15, -0.1) is 0 Å². The van der Waals surface area contributed by atoms with Crippen molar-refractivity contribution in [3.8, 4) is 67.8 Å². The molecule has 0 aliphatic carbocycles. The fourth-order valence-electron chi connectivity index (χ4n) is 13.1. The molecule has 0 spiro atoms. The lowest BCUT2D eigenvalue weighted by molar-refractivity contribution is 1.01. The normalized spacial score (nSPS) is 11.9. The lowest BCUT2D eigenvalue weighted by Gasteiger charge is -2.15. The van der Waals surface area contributed by atoms with Gasteiger partial charge >= 0.3 is 0 Å². The van der Waals surface area contributed by atoms with Crippen LogP contribution in [-0.2, 0) is 0 Å². The fourth-order valence-corrected chi connectivity index (χ4v) is 13.1. The molecular formula is C76H48N6. The summed E-state index contributed by atoms with van der Waals surface area (Å²) in [5, 5.41) is 9.59. The third-order valence-electron chi connectivity index (χ3n) is 16.8. The smallest absolute Gasteiger partial charge is 0.140 e. The van der Waals surface area contributed by atoms with Crippen LogP contribution in [0.4, 0.5) is 0 Å². The lowest BCUT2D eigenvalue weighted by atomic mass is 9.95. The van der Waals surface area contributed by atoms with Crippen molar-refractivity contribution in [2.75, 3.05) is 0 Å². The standard InChI is InChI=1S/C76H48N6/c1-9-34-65-57(26-1)58-27-2-10-35-66(58)79(65)73-45-55(46-74(77-73)80-67-36-11-3-28-59(67)60-29-4-12-37-68(60)80)53-24-18-22-51(43-53)49-20-17-21-50(42-49)52-23-19-25-54(44-52)56-47-75(81-69-38-13-5-30-61(69)62-31-6-14-39-70(62)81)78-76(48-56)82-71-40-15-7-32-63(71)64-33-8-16-41-72(64)82/h1-48H. The molecule has 11 aromatic carbocycles. The van der Waals surface area contributed by atoms with Gasteiger partial charge in [0.05, 0.1) is 44.1 Å². The highest BCUT2D eigenvalue weighted by atomic mass is 15.1. The number of hydrogen-bond acceptors (Lipinski definition) is 2. The molecule has 0 aliphatic heterocycles. The van der Waals surface area contributed by atoms with Gasteiger partial charge < -0.3 is 0 Å². The van der Waals surface area contributed by atoms with E-state index in [1.165, 1.54) is 43.1 Å². The summed E-state index contributed by atoms with van der Waals surface area (Å²) in [6.45, 7) is 0. The molecule has 0 N–H and O–H groups in total.